The number of aliphatic carboxylic acids is 1. The molecule has 0 aliphatic heterocycles. The lowest BCUT2D eigenvalue weighted by atomic mass is 9.49. The van der Waals surface area contributed by atoms with Crippen LogP contribution in [-0.2, 0) is 28.5 Å². The van der Waals surface area contributed by atoms with Gasteiger partial charge in [-0.15, -0.1) is 0 Å². The maximum Gasteiger partial charge on any atom is 0.166 e. The third kappa shape index (κ3) is 5.27. The summed E-state index contributed by atoms with van der Waals surface area (Å²) in [6.07, 6.45) is 8.82. The predicted molar refractivity (Wildman–Crippen MR) is 146 cm³/mol. The number of carbonyl (C=O) groups excluding carboxylic acids is 1. The van der Waals surface area contributed by atoms with E-state index in [1.807, 2.05) is 0 Å². The maximum absolute atomic E-state index is 11.1. The molecule has 0 radical (unpaired) electrons. The number of carboxylic acids is 1. The summed E-state index contributed by atoms with van der Waals surface area (Å²) in [5, 5.41) is 11.1. The van der Waals surface area contributed by atoms with Gasteiger partial charge in [-0.25, -0.2) is 0 Å². The first-order valence-corrected chi connectivity index (χ1v) is 14.9. The molecule has 0 atom stereocenters. The minimum Gasteiger partial charge on any atom is -0.550 e. The second kappa shape index (κ2) is 10.8. The Hall–Kier alpha value is -2.52. The minimum atomic E-state index is -0.758. The fourth-order valence-electron chi connectivity index (χ4n) is 7.05. The van der Waals surface area contributed by atoms with Crippen molar-refractivity contribution in [2.75, 3.05) is 0 Å². The van der Waals surface area contributed by atoms with Crippen LogP contribution >= 0.6 is 0 Å². The summed E-state index contributed by atoms with van der Waals surface area (Å²) in [6, 6.07) is 29.1. The number of carboxylic acid groups (broad SMARTS) is 1. The molecule has 0 unspecified atom stereocenters. The fraction of sp³-hybridized carbons (Fsp3) is 0.424. The van der Waals surface area contributed by atoms with Gasteiger partial charge in [-0.3, -0.25) is 0 Å². The number of hydrogen-bond donors (Lipinski definition) is 0. The Morgan fingerprint density at radius 1 is 0.694 bits per heavy atom. The molecule has 4 bridgehead atoms. The van der Waals surface area contributed by atoms with Crippen molar-refractivity contribution in [1.82, 2.24) is 0 Å². The van der Waals surface area contributed by atoms with Crippen LogP contribution in [0.25, 0.3) is 0 Å². The van der Waals surface area contributed by atoms with E-state index in [9.17, 15) is 9.90 Å². The van der Waals surface area contributed by atoms with E-state index in [4.69, 9.17) is 0 Å². The molecule has 2 nitrogen and oxygen atoms in total. The average molecular weight is 499 g/mol. The van der Waals surface area contributed by atoms with Crippen LogP contribution in [0.1, 0.15) is 63.5 Å². The summed E-state index contributed by atoms with van der Waals surface area (Å²) in [5.74, 6) is 1.38. The molecule has 4 aliphatic rings. The lowest BCUT2D eigenvalue weighted by molar-refractivity contribution is -0.327. The Balaban J connectivity index is 0.000000172. The van der Waals surface area contributed by atoms with Crippen molar-refractivity contribution in [2.24, 2.45) is 23.2 Å². The van der Waals surface area contributed by atoms with E-state index in [-0.39, 0.29) is 10.9 Å². The summed E-state index contributed by atoms with van der Waals surface area (Å²) < 4.78 is 0. The van der Waals surface area contributed by atoms with Crippen molar-refractivity contribution >= 4 is 16.9 Å². The molecular weight excluding hydrogens is 460 g/mol. The van der Waals surface area contributed by atoms with Crippen molar-refractivity contribution in [1.29, 1.82) is 0 Å². The number of rotatable bonds is 6. The van der Waals surface area contributed by atoms with Crippen molar-refractivity contribution in [3.8, 4) is 0 Å². The zero-order valence-electron chi connectivity index (χ0n) is 21.6. The van der Waals surface area contributed by atoms with Gasteiger partial charge in [0.15, 0.2) is 14.7 Å². The van der Waals surface area contributed by atoms with E-state index in [0.717, 1.165) is 32.1 Å². The van der Waals surface area contributed by atoms with Gasteiger partial charge < -0.3 is 9.90 Å². The Labute approximate surface area is 219 Å². The van der Waals surface area contributed by atoms with Gasteiger partial charge in [0, 0.05) is 11.4 Å². The van der Waals surface area contributed by atoms with Gasteiger partial charge in [-0.1, -0.05) is 56.3 Å². The van der Waals surface area contributed by atoms with E-state index in [0.29, 0.717) is 17.8 Å². The quantitative estimate of drug-likeness (QED) is 0.348. The van der Waals surface area contributed by atoms with Gasteiger partial charge in [0.25, 0.3) is 0 Å². The number of benzene rings is 3. The molecule has 4 aliphatic carbocycles. The minimum absolute atomic E-state index is 0.0351. The smallest absolute Gasteiger partial charge is 0.166 e. The Morgan fingerprint density at radius 3 is 1.44 bits per heavy atom. The first-order valence-electron chi connectivity index (χ1n) is 13.7. The highest BCUT2D eigenvalue weighted by atomic mass is 32.2. The highest BCUT2D eigenvalue weighted by molar-refractivity contribution is 7.97. The second-order valence-corrected chi connectivity index (χ2v) is 13.1. The summed E-state index contributed by atoms with van der Waals surface area (Å²) in [5.41, 5.74) is 2.40. The van der Waals surface area contributed by atoms with E-state index in [1.165, 1.54) is 45.1 Å². The predicted octanol–water partition coefficient (Wildman–Crippen LogP) is 6.86. The first-order chi connectivity index (χ1) is 17.5. The van der Waals surface area contributed by atoms with Crippen molar-refractivity contribution < 1.29 is 9.90 Å². The molecule has 3 aromatic rings. The van der Waals surface area contributed by atoms with Crippen LogP contribution in [0, 0.1) is 23.2 Å². The molecule has 0 N–H and O–H groups in total. The van der Waals surface area contributed by atoms with Crippen LogP contribution in [0.4, 0.5) is 0 Å². The van der Waals surface area contributed by atoms with Crippen molar-refractivity contribution in [3.05, 3.63) is 90.0 Å². The summed E-state index contributed by atoms with van der Waals surface area (Å²) in [6.45, 7) is 4.41. The molecular formula is C33H38O2S. The molecule has 4 fully saturated rings. The van der Waals surface area contributed by atoms with Gasteiger partial charge in [0.2, 0.25) is 0 Å². The molecule has 7 rings (SSSR count). The zero-order valence-corrected chi connectivity index (χ0v) is 22.4. The van der Waals surface area contributed by atoms with Crippen LogP contribution in [0.3, 0.4) is 0 Å². The molecule has 3 heteroatoms. The SMILES string of the molecule is CCc1ccc([S+](c2ccccc2)c2ccc(CC)cc2)cc1.O=C([O-])C12CC3CC(CC(C3)C1)C2. The Kier molecular flexibility index (Phi) is 7.57. The summed E-state index contributed by atoms with van der Waals surface area (Å²) in [4.78, 5) is 15.3. The maximum atomic E-state index is 11.1. The lowest BCUT2D eigenvalue weighted by Crippen LogP contribution is -2.54. The van der Waals surface area contributed by atoms with Crippen molar-refractivity contribution in [3.63, 3.8) is 0 Å². The number of hydrogen-bond acceptors (Lipinski definition) is 2. The third-order valence-corrected chi connectivity index (χ3v) is 10.8. The molecule has 0 saturated heterocycles. The molecule has 4 saturated carbocycles. The standard InChI is InChI=1S/C22H23S.C11H16O2/c1-3-18-10-14-21(15-11-18)23(20-8-6-5-7-9-20)22-16-12-19(4-2)13-17-22;12-10(13)11-4-7-1-8(5-11)3-9(2-7)6-11/h5-17H,3-4H2,1-2H3;7-9H,1-6H2,(H,12,13)/q+1;/p-1. The molecule has 3 aromatic carbocycles. The fourth-order valence-corrected chi connectivity index (χ4v) is 9.11. The van der Waals surface area contributed by atoms with Crippen molar-refractivity contribution in [2.45, 2.75) is 79.9 Å². The molecule has 0 amide bonds. The van der Waals surface area contributed by atoms with Gasteiger partial charge in [0.05, 0.1) is 10.9 Å². The van der Waals surface area contributed by atoms with Gasteiger partial charge in [-0.2, -0.15) is 0 Å². The number of carbonyl (C=O) groups is 1. The van der Waals surface area contributed by atoms with E-state index >= 15 is 0 Å². The highest BCUT2D eigenvalue weighted by Crippen LogP contribution is 2.59. The first kappa shape index (κ1) is 25.1. The average Bonchev–Trinajstić information content (AvgIpc) is 2.90. The lowest BCUT2D eigenvalue weighted by Gasteiger charge is -2.57. The van der Waals surface area contributed by atoms with Gasteiger partial charge in [-0.05, 0) is 117 Å². The van der Waals surface area contributed by atoms with E-state index in [2.05, 4.69) is 92.7 Å². The molecule has 0 heterocycles. The van der Waals surface area contributed by atoms with E-state index in [1.54, 1.807) is 0 Å². The number of aryl methyl sites for hydroxylation is 2. The van der Waals surface area contributed by atoms with Crippen LogP contribution in [-0.4, -0.2) is 5.97 Å². The Morgan fingerprint density at radius 2 is 1.08 bits per heavy atom. The topological polar surface area (TPSA) is 40.1 Å². The second-order valence-electron chi connectivity index (χ2n) is 11.1. The molecule has 0 spiro atoms. The largest absolute Gasteiger partial charge is 0.550 e. The van der Waals surface area contributed by atoms with Gasteiger partial charge in [0.1, 0.15) is 0 Å². The van der Waals surface area contributed by atoms with Gasteiger partial charge >= 0.3 is 0 Å². The molecule has 188 valence electrons. The van der Waals surface area contributed by atoms with Crippen LogP contribution < -0.4 is 5.11 Å². The van der Waals surface area contributed by atoms with E-state index < -0.39 is 11.4 Å². The van der Waals surface area contributed by atoms with Crippen LogP contribution in [0.15, 0.2) is 93.5 Å². The Bertz CT molecular complexity index is 1070. The van der Waals surface area contributed by atoms with Crippen LogP contribution in [0.5, 0.6) is 0 Å². The highest BCUT2D eigenvalue weighted by Gasteiger charge is 2.51. The zero-order chi connectivity index (χ0) is 25.1. The summed E-state index contributed by atoms with van der Waals surface area (Å²) in [7, 11) is -0.0351. The van der Waals surface area contributed by atoms with Crippen LogP contribution in [0.2, 0.25) is 0 Å². The molecule has 0 aromatic heterocycles. The normalized spacial score (nSPS) is 25.9. The monoisotopic (exact) mass is 498 g/mol. The third-order valence-electron chi connectivity index (χ3n) is 8.58. The molecule has 36 heavy (non-hydrogen) atoms. The summed E-state index contributed by atoms with van der Waals surface area (Å²) >= 11 is 0.